The summed E-state index contributed by atoms with van der Waals surface area (Å²) in [6.07, 6.45) is 0.561. The monoisotopic (exact) mass is 415 g/mol. The third-order valence-corrected chi connectivity index (χ3v) is 6.31. The van der Waals surface area contributed by atoms with Crippen molar-refractivity contribution in [1.29, 1.82) is 0 Å². The maximum absolute atomic E-state index is 12.8. The summed E-state index contributed by atoms with van der Waals surface area (Å²) >= 11 is 1.48. The van der Waals surface area contributed by atoms with Gasteiger partial charge in [0.15, 0.2) is 0 Å². The zero-order valence-electron chi connectivity index (χ0n) is 17.2. The molecule has 0 saturated carbocycles. The maximum Gasteiger partial charge on any atom is 0.324 e. The van der Waals surface area contributed by atoms with Crippen LogP contribution in [0.15, 0.2) is 60.7 Å². The SMILES string of the molecule is COC(=O)[C@H](N)C(C)(C)SCC(Cc1ccccc1)C(=O)OCc1ccccc1. The van der Waals surface area contributed by atoms with Gasteiger partial charge in [0.05, 0.1) is 13.0 Å². The molecule has 6 heteroatoms. The fraction of sp³-hybridized carbons (Fsp3) is 0.391. The second-order valence-electron chi connectivity index (χ2n) is 7.40. The van der Waals surface area contributed by atoms with Gasteiger partial charge in [0.1, 0.15) is 12.6 Å². The van der Waals surface area contributed by atoms with Crippen LogP contribution in [-0.2, 0) is 32.1 Å². The Morgan fingerprint density at radius 1 is 0.966 bits per heavy atom. The van der Waals surface area contributed by atoms with Crippen LogP contribution < -0.4 is 5.73 Å². The third kappa shape index (κ3) is 7.22. The molecule has 2 aromatic rings. The highest BCUT2D eigenvalue weighted by molar-refractivity contribution is 8.00. The molecule has 2 N–H and O–H groups in total. The Labute approximate surface area is 177 Å². The number of hydrogen-bond acceptors (Lipinski definition) is 6. The second-order valence-corrected chi connectivity index (χ2v) is 9.07. The molecule has 2 atom stereocenters. The highest BCUT2D eigenvalue weighted by atomic mass is 32.2. The van der Waals surface area contributed by atoms with E-state index < -0.39 is 16.8 Å². The van der Waals surface area contributed by atoms with E-state index in [1.807, 2.05) is 74.5 Å². The van der Waals surface area contributed by atoms with E-state index in [1.165, 1.54) is 18.9 Å². The second kappa shape index (κ2) is 11.0. The van der Waals surface area contributed by atoms with Gasteiger partial charge in [0.2, 0.25) is 0 Å². The molecule has 0 heterocycles. The highest BCUT2D eigenvalue weighted by Crippen LogP contribution is 2.31. The molecular formula is C23H29NO4S. The molecule has 0 aliphatic carbocycles. The van der Waals surface area contributed by atoms with Crippen LogP contribution in [0.5, 0.6) is 0 Å². The van der Waals surface area contributed by atoms with Gasteiger partial charge in [-0.15, -0.1) is 0 Å². The Morgan fingerprint density at radius 3 is 2.07 bits per heavy atom. The van der Waals surface area contributed by atoms with Gasteiger partial charge in [-0.1, -0.05) is 60.7 Å². The molecule has 0 spiro atoms. The molecule has 0 radical (unpaired) electrons. The lowest BCUT2D eigenvalue weighted by Crippen LogP contribution is -2.48. The topological polar surface area (TPSA) is 78.6 Å². The minimum atomic E-state index is -0.782. The molecular weight excluding hydrogens is 386 g/mol. The van der Waals surface area contributed by atoms with E-state index in [9.17, 15) is 9.59 Å². The van der Waals surface area contributed by atoms with E-state index in [2.05, 4.69) is 0 Å². The first-order valence-corrected chi connectivity index (χ1v) is 10.5. The number of esters is 2. The molecule has 5 nitrogen and oxygen atoms in total. The van der Waals surface area contributed by atoms with E-state index in [0.717, 1.165) is 11.1 Å². The predicted octanol–water partition coefficient (Wildman–Crippen LogP) is 3.60. The number of hydrogen-bond donors (Lipinski definition) is 1. The van der Waals surface area contributed by atoms with Gasteiger partial charge < -0.3 is 15.2 Å². The quantitative estimate of drug-likeness (QED) is 0.598. The van der Waals surface area contributed by atoms with Crippen LogP contribution >= 0.6 is 11.8 Å². The van der Waals surface area contributed by atoms with Crippen LogP contribution in [0.1, 0.15) is 25.0 Å². The fourth-order valence-electron chi connectivity index (χ4n) is 2.77. The maximum atomic E-state index is 12.8. The first-order chi connectivity index (χ1) is 13.8. The zero-order chi connectivity index (χ0) is 21.3. The van der Waals surface area contributed by atoms with Crippen LogP contribution in [-0.4, -0.2) is 35.6 Å². The van der Waals surface area contributed by atoms with Gasteiger partial charge >= 0.3 is 11.9 Å². The molecule has 0 aromatic heterocycles. The van der Waals surface area contributed by atoms with Crippen molar-refractivity contribution >= 4 is 23.7 Å². The summed E-state index contributed by atoms with van der Waals surface area (Å²) in [7, 11) is 1.32. The molecule has 0 amide bonds. The normalized spacial score (nSPS) is 13.4. The number of carbonyl (C=O) groups is 2. The van der Waals surface area contributed by atoms with E-state index in [-0.39, 0.29) is 18.5 Å². The molecule has 156 valence electrons. The molecule has 2 rings (SSSR count). The van der Waals surface area contributed by atoms with Crippen molar-refractivity contribution in [3.63, 3.8) is 0 Å². The molecule has 0 bridgehead atoms. The van der Waals surface area contributed by atoms with Crippen molar-refractivity contribution < 1.29 is 19.1 Å². The number of rotatable bonds is 10. The van der Waals surface area contributed by atoms with Gasteiger partial charge in [-0.2, -0.15) is 11.8 Å². The zero-order valence-corrected chi connectivity index (χ0v) is 18.0. The van der Waals surface area contributed by atoms with Gasteiger partial charge in [-0.3, -0.25) is 9.59 Å². The number of methoxy groups -OCH3 is 1. The number of carbonyl (C=O) groups excluding carboxylic acids is 2. The molecule has 0 fully saturated rings. The van der Waals surface area contributed by atoms with Crippen LogP contribution in [0.25, 0.3) is 0 Å². The van der Waals surface area contributed by atoms with Gasteiger partial charge in [-0.25, -0.2) is 0 Å². The molecule has 0 saturated heterocycles. The summed E-state index contributed by atoms with van der Waals surface area (Å²) < 4.78 is 9.77. The first-order valence-electron chi connectivity index (χ1n) is 9.55. The van der Waals surface area contributed by atoms with Crippen LogP contribution in [0.4, 0.5) is 0 Å². The summed E-state index contributed by atoms with van der Waals surface area (Å²) in [4.78, 5) is 24.7. The molecule has 2 aromatic carbocycles. The average Bonchev–Trinajstić information content (AvgIpc) is 2.75. The predicted molar refractivity (Wildman–Crippen MR) is 116 cm³/mol. The van der Waals surface area contributed by atoms with E-state index in [1.54, 1.807) is 0 Å². The van der Waals surface area contributed by atoms with Gasteiger partial charge in [0.25, 0.3) is 0 Å². The standard InChI is InChI=1S/C23H29NO4S/c1-23(2,20(24)22(26)27-3)29-16-19(14-17-10-6-4-7-11-17)21(25)28-15-18-12-8-5-9-13-18/h4-13,19-20H,14-16,24H2,1-3H3/t19?,20-/m0/s1. The molecule has 1 unspecified atom stereocenters. The molecule has 29 heavy (non-hydrogen) atoms. The largest absolute Gasteiger partial charge is 0.468 e. The Balaban J connectivity index is 2.05. The lowest BCUT2D eigenvalue weighted by atomic mass is 10.0. The van der Waals surface area contributed by atoms with Crippen molar-refractivity contribution in [3.05, 3.63) is 71.8 Å². The van der Waals surface area contributed by atoms with E-state index in [4.69, 9.17) is 15.2 Å². The average molecular weight is 416 g/mol. The summed E-state index contributed by atoms with van der Waals surface area (Å²) in [5, 5.41) is 0. The first kappa shape index (κ1) is 23.0. The smallest absolute Gasteiger partial charge is 0.324 e. The van der Waals surface area contributed by atoms with Crippen LogP contribution in [0.2, 0.25) is 0 Å². The highest BCUT2D eigenvalue weighted by Gasteiger charge is 2.35. The minimum absolute atomic E-state index is 0.237. The number of thioether (sulfide) groups is 1. The van der Waals surface area contributed by atoms with Crippen molar-refractivity contribution in [2.45, 2.75) is 37.7 Å². The van der Waals surface area contributed by atoms with Gasteiger partial charge in [-0.05, 0) is 31.4 Å². The number of nitrogens with two attached hydrogens (primary N) is 1. The third-order valence-electron chi connectivity index (χ3n) is 4.74. The summed E-state index contributed by atoms with van der Waals surface area (Å²) in [5.74, 6) is -0.586. The van der Waals surface area contributed by atoms with Crippen molar-refractivity contribution in [2.24, 2.45) is 11.7 Å². The lowest BCUT2D eigenvalue weighted by molar-refractivity contribution is -0.149. The van der Waals surface area contributed by atoms with Crippen LogP contribution in [0.3, 0.4) is 0 Å². The number of benzene rings is 2. The van der Waals surface area contributed by atoms with E-state index >= 15 is 0 Å². The minimum Gasteiger partial charge on any atom is -0.468 e. The lowest BCUT2D eigenvalue weighted by Gasteiger charge is -2.30. The van der Waals surface area contributed by atoms with Crippen molar-refractivity contribution in [1.82, 2.24) is 0 Å². The van der Waals surface area contributed by atoms with Gasteiger partial charge in [0, 0.05) is 10.5 Å². The Hall–Kier alpha value is -2.31. The summed E-state index contributed by atoms with van der Waals surface area (Å²) in [6.45, 7) is 4.00. The van der Waals surface area contributed by atoms with Crippen molar-refractivity contribution in [2.75, 3.05) is 12.9 Å². The van der Waals surface area contributed by atoms with E-state index in [0.29, 0.717) is 12.2 Å². The number of ether oxygens (including phenoxy) is 2. The Bertz CT molecular complexity index is 780. The molecule has 0 aliphatic rings. The summed E-state index contributed by atoms with van der Waals surface area (Å²) in [5.41, 5.74) is 8.05. The Kier molecular flexibility index (Phi) is 8.73. The fourth-order valence-corrected chi connectivity index (χ4v) is 3.93. The Morgan fingerprint density at radius 2 is 1.52 bits per heavy atom. The van der Waals surface area contributed by atoms with Crippen LogP contribution in [0, 0.1) is 5.92 Å². The summed E-state index contributed by atoms with van der Waals surface area (Å²) in [6, 6.07) is 18.6. The van der Waals surface area contributed by atoms with Crippen molar-refractivity contribution in [3.8, 4) is 0 Å². The molecule has 0 aliphatic heterocycles.